The number of aromatic carboxylic acids is 1. The first kappa shape index (κ1) is 18.8. The van der Waals surface area contributed by atoms with Gasteiger partial charge in [-0.1, -0.05) is 12.1 Å². The highest BCUT2D eigenvalue weighted by Gasteiger charge is 2.33. The van der Waals surface area contributed by atoms with Crippen molar-refractivity contribution in [2.24, 2.45) is 0 Å². The molecule has 0 aliphatic carbocycles. The van der Waals surface area contributed by atoms with Crippen LogP contribution in [-0.2, 0) is 16.2 Å². The van der Waals surface area contributed by atoms with Crippen molar-refractivity contribution in [3.05, 3.63) is 59.7 Å². The molecule has 0 radical (unpaired) electrons. The number of carboxylic acids is 1. The van der Waals surface area contributed by atoms with Gasteiger partial charge in [-0.05, 0) is 43.3 Å². The predicted molar refractivity (Wildman–Crippen MR) is 85.1 cm³/mol. The number of halogens is 3. The number of hydrogen-bond donors (Lipinski definition) is 1. The Morgan fingerprint density at radius 2 is 1.76 bits per heavy atom. The number of carbonyl (C=O) groups is 1. The van der Waals surface area contributed by atoms with E-state index in [2.05, 4.69) is 0 Å². The lowest BCUT2D eigenvalue weighted by molar-refractivity contribution is -0.137. The minimum Gasteiger partial charge on any atom is -0.478 e. The highest BCUT2D eigenvalue weighted by molar-refractivity contribution is 7.92. The molecule has 1 N–H and O–H groups in total. The highest BCUT2D eigenvalue weighted by Crippen LogP contribution is 2.32. The van der Waals surface area contributed by atoms with Crippen LogP contribution in [0.1, 0.15) is 22.8 Å². The smallest absolute Gasteiger partial charge is 0.416 e. The maximum atomic E-state index is 12.8. The molecule has 9 heteroatoms. The third kappa shape index (κ3) is 3.93. The molecule has 0 amide bonds. The van der Waals surface area contributed by atoms with Gasteiger partial charge in [0.05, 0.1) is 21.7 Å². The van der Waals surface area contributed by atoms with Crippen LogP contribution < -0.4 is 4.31 Å². The molecule has 0 bridgehead atoms. The summed E-state index contributed by atoms with van der Waals surface area (Å²) in [6.07, 6.45) is -4.67. The lowest BCUT2D eigenvalue weighted by Crippen LogP contribution is -2.31. The number of carboxylic acid groups (broad SMARTS) is 1. The van der Waals surface area contributed by atoms with E-state index in [0.29, 0.717) is 6.07 Å². The van der Waals surface area contributed by atoms with Gasteiger partial charge in [0.25, 0.3) is 10.0 Å². The average Bonchev–Trinajstić information content (AvgIpc) is 2.55. The zero-order chi connectivity index (χ0) is 18.8. The summed E-state index contributed by atoms with van der Waals surface area (Å²) < 4.78 is 64.8. The normalized spacial score (nSPS) is 12.0. The quantitative estimate of drug-likeness (QED) is 0.869. The third-order valence-corrected chi connectivity index (χ3v) is 5.32. The molecular weight excluding hydrogens is 359 g/mol. The molecule has 25 heavy (non-hydrogen) atoms. The van der Waals surface area contributed by atoms with Crippen LogP contribution in [0.4, 0.5) is 18.9 Å². The Labute approximate surface area is 142 Å². The molecular formula is C16H14F3NO4S. The molecule has 0 aliphatic heterocycles. The molecule has 0 spiro atoms. The van der Waals surface area contributed by atoms with Crippen molar-refractivity contribution in [2.75, 3.05) is 10.8 Å². The Bertz CT molecular complexity index is 894. The molecule has 0 unspecified atom stereocenters. The van der Waals surface area contributed by atoms with Crippen molar-refractivity contribution in [3.63, 3.8) is 0 Å². The Balaban J connectivity index is 2.53. The predicted octanol–water partition coefficient (Wildman–Crippen LogP) is 3.62. The second kappa shape index (κ2) is 6.75. The Morgan fingerprint density at radius 3 is 2.32 bits per heavy atom. The van der Waals surface area contributed by atoms with Gasteiger partial charge in [-0.3, -0.25) is 4.31 Å². The molecule has 0 saturated carbocycles. The fraction of sp³-hybridized carbons (Fsp3) is 0.188. The monoisotopic (exact) mass is 373 g/mol. The summed E-state index contributed by atoms with van der Waals surface area (Å²) in [7, 11) is -4.29. The first-order valence-corrected chi connectivity index (χ1v) is 8.54. The van der Waals surface area contributed by atoms with Gasteiger partial charge in [0, 0.05) is 6.54 Å². The van der Waals surface area contributed by atoms with E-state index in [-0.39, 0.29) is 17.8 Å². The van der Waals surface area contributed by atoms with Crippen molar-refractivity contribution < 1.29 is 31.5 Å². The SMILES string of the molecule is CCN(c1cccc(C(=O)O)c1)S(=O)(=O)c1cccc(C(F)(F)F)c1. The standard InChI is InChI=1S/C16H14F3NO4S/c1-2-20(13-7-3-5-11(9-13)15(21)22)25(23,24)14-8-4-6-12(10-14)16(17,18)19/h3-10H,2H2,1H3,(H,21,22). The first-order chi connectivity index (χ1) is 11.6. The van der Waals surface area contributed by atoms with Crippen molar-refractivity contribution in [3.8, 4) is 0 Å². The van der Waals surface area contributed by atoms with Crippen LogP contribution in [0.3, 0.4) is 0 Å². The first-order valence-electron chi connectivity index (χ1n) is 7.10. The van der Waals surface area contributed by atoms with E-state index in [4.69, 9.17) is 5.11 Å². The number of anilines is 1. The molecule has 134 valence electrons. The number of hydrogen-bond acceptors (Lipinski definition) is 3. The van der Waals surface area contributed by atoms with Gasteiger partial charge >= 0.3 is 12.1 Å². The summed E-state index contributed by atoms with van der Waals surface area (Å²) in [5.74, 6) is -1.24. The van der Waals surface area contributed by atoms with Crippen LogP contribution in [0, 0.1) is 0 Å². The lowest BCUT2D eigenvalue weighted by atomic mass is 10.2. The van der Waals surface area contributed by atoms with E-state index in [1.807, 2.05) is 0 Å². The van der Waals surface area contributed by atoms with Gasteiger partial charge in [0.2, 0.25) is 0 Å². The third-order valence-electron chi connectivity index (χ3n) is 3.42. The number of rotatable bonds is 5. The number of benzene rings is 2. The topological polar surface area (TPSA) is 74.7 Å². The van der Waals surface area contributed by atoms with E-state index in [1.165, 1.54) is 25.1 Å². The van der Waals surface area contributed by atoms with Crippen LogP contribution in [0.15, 0.2) is 53.4 Å². The summed E-state index contributed by atoms with van der Waals surface area (Å²) in [6.45, 7) is 1.42. The summed E-state index contributed by atoms with van der Waals surface area (Å²) >= 11 is 0. The Morgan fingerprint density at radius 1 is 1.12 bits per heavy atom. The molecule has 0 aromatic heterocycles. The van der Waals surface area contributed by atoms with Crippen LogP contribution in [0.25, 0.3) is 0 Å². The zero-order valence-corrected chi connectivity index (χ0v) is 13.8. The van der Waals surface area contributed by atoms with Crippen molar-refractivity contribution in [1.29, 1.82) is 0 Å². The molecule has 0 fully saturated rings. The minimum atomic E-state index is -4.67. The Kier molecular flexibility index (Phi) is 5.07. The fourth-order valence-corrected chi connectivity index (χ4v) is 3.76. The number of alkyl halides is 3. The molecule has 5 nitrogen and oxygen atoms in total. The van der Waals surface area contributed by atoms with Crippen LogP contribution in [0.5, 0.6) is 0 Å². The van der Waals surface area contributed by atoms with Gasteiger partial charge in [-0.2, -0.15) is 13.2 Å². The van der Waals surface area contributed by atoms with Gasteiger partial charge in [0.1, 0.15) is 0 Å². The summed E-state index contributed by atoms with van der Waals surface area (Å²) in [5.41, 5.74) is -1.15. The molecule has 2 rings (SSSR count). The summed E-state index contributed by atoms with van der Waals surface area (Å²) in [6, 6.07) is 8.59. The lowest BCUT2D eigenvalue weighted by Gasteiger charge is -2.23. The maximum absolute atomic E-state index is 12.8. The summed E-state index contributed by atoms with van der Waals surface area (Å²) in [4.78, 5) is 10.5. The van der Waals surface area contributed by atoms with Crippen molar-refractivity contribution in [1.82, 2.24) is 0 Å². The zero-order valence-electron chi connectivity index (χ0n) is 13.0. The van der Waals surface area contributed by atoms with Gasteiger partial charge in [-0.25, -0.2) is 13.2 Å². The molecule has 0 saturated heterocycles. The number of sulfonamides is 1. The van der Waals surface area contributed by atoms with E-state index >= 15 is 0 Å². The van der Waals surface area contributed by atoms with E-state index < -0.39 is 32.6 Å². The second-order valence-corrected chi connectivity index (χ2v) is 6.91. The largest absolute Gasteiger partial charge is 0.478 e. The van der Waals surface area contributed by atoms with Gasteiger partial charge in [-0.15, -0.1) is 0 Å². The van der Waals surface area contributed by atoms with Crippen molar-refractivity contribution in [2.45, 2.75) is 18.0 Å². The number of nitrogens with zero attached hydrogens (tertiary/aromatic N) is 1. The van der Waals surface area contributed by atoms with E-state index in [1.54, 1.807) is 0 Å². The molecule has 2 aromatic rings. The van der Waals surface area contributed by atoms with Gasteiger partial charge in [0.15, 0.2) is 0 Å². The summed E-state index contributed by atoms with van der Waals surface area (Å²) in [5, 5.41) is 9.02. The van der Waals surface area contributed by atoms with Gasteiger partial charge < -0.3 is 5.11 Å². The molecule has 0 aliphatic rings. The molecule has 2 aromatic carbocycles. The van der Waals surface area contributed by atoms with Crippen LogP contribution in [-0.4, -0.2) is 26.0 Å². The Hall–Kier alpha value is -2.55. The minimum absolute atomic E-state index is 0.0554. The fourth-order valence-electron chi connectivity index (χ4n) is 2.25. The molecule has 0 heterocycles. The molecule has 0 atom stereocenters. The average molecular weight is 373 g/mol. The highest BCUT2D eigenvalue weighted by atomic mass is 32.2. The van der Waals surface area contributed by atoms with Crippen LogP contribution in [0.2, 0.25) is 0 Å². The maximum Gasteiger partial charge on any atom is 0.416 e. The second-order valence-electron chi connectivity index (χ2n) is 5.05. The van der Waals surface area contributed by atoms with Crippen molar-refractivity contribution >= 4 is 21.7 Å². The van der Waals surface area contributed by atoms with E-state index in [0.717, 1.165) is 28.6 Å². The van der Waals surface area contributed by atoms with E-state index in [9.17, 15) is 26.4 Å². The van der Waals surface area contributed by atoms with Crippen LogP contribution >= 0.6 is 0 Å².